The van der Waals surface area contributed by atoms with E-state index in [0.717, 1.165) is 25.0 Å². The fourth-order valence-electron chi connectivity index (χ4n) is 2.49. The zero-order valence-corrected chi connectivity index (χ0v) is 15.5. The summed E-state index contributed by atoms with van der Waals surface area (Å²) in [7, 11) is -3.95. The molecule has 1 heterocycles. The largest absolute Gasteiger partial charge is 0.351 e. The topological polar surface area (TPSA) is 78.8 Å². The van der Waals surface area contributed by atoms with Gasteiger partial charge in [0.15, 0.2) is 0 Å². The van der Waals surface area contributed by atoms with Gasteiger partial charge < -0.3 is 0 Å². The van der Waals surface area contributed by atoms with Gasteiger partial charge in [-0.15, -0.1) is 0 Å². The number of amides is 2. The molecule has 126 valence electrons. The van der Waals surface area contributed by atoms with Crippen molar-refractivity contribution in [2.24, 2.45) is 5.10 Å². The lowest BCUT2D eigenvalue weighted by molar-refractivity contribution is 0.187. The third kappa shape index (κ3) is 4.32. The molecule has 2 amide bonds. The maximum atomic E-state index is 12.4. The van der Waals surface area contributed by atoms with E-state index in [1.807, 2.05) is 6.92 Å². The minimum Gasteiger partial charge on any atom is -0.246 e. The van der Waals surface area contributed by atoms with E-state index in [-0.39, 0.29) is 10.9 Å². The minimum atomic E-state index is -3.95. The lowest BCUT2D eigenvalue weighted by Gasteiger charge is -2.22. The molecule has 8 heteroatoms. The second-order valence-corrected chi connectivity index (χ2v) is 8.03. The highest BCUT2D eigenvalue weighted by Gasteiger charge is 2.32. The highest BCUT2D eigenvalue weighted by atomic mass is 79.9. The summed E-state index contributed by atoms with van der Waals surface area (Å²) in [4.78, 5) is 12.4. The maximum Gasteiger partial charge on any atom is 0.351 e. The van der Waals surface area contributed by atoms with Gasteiger partial charge in [-0.05, 0) is 41.4 Å². The zero-order valence-electron chi connectivity index (χ0n) is 13.1. The number of hydrazone groups is 1. The number of carbonyl (C=O) groups is 1. The van der Waals surface area contributed by atoms with E-state index in [4.69, 9.17) is 0 Å². The first-order chi connectivity index (χ1) is 10.8. The van der Waals surface area contributed by atoms with Crippen molar-refractivity contribution in [1.82, 2.24) is 9.73 Å². The summed E-state index contributed by atoms with van der Waals surface area (Å²) in [5.41, 5.74) is 0.833. The second-order valence-electron chi connectivity index (χ2n) is 5.52. The standard InChI is InChI=1S/C15H20BrN3O3S/c1-3-4-7-12-10-11(2)17-19(12)15(20)18-23(21,22)14-9-6-5-8-13(14)16/h5-6,8-9,12H,3-4,7,10H2,1-2H3,(H,18,20). The number of hydrogen-bond donors (Lipinski definition) is 1. The van der Waals surface area contributed by atoms with Gasteiger partial charge in [0, 0.05) is 16.6 Å². The van der Waals surface area contributed by atoms with Crippen LogP contribution in [0.15, 0.2) is 38.7 Å². The molecule has 1 atom stereocenters. The average Bonchev–Trinajstić information content (AvgIpc) is 2.86. The minimum absolute atomic E-state index is 0.0263. The van der Waals surface area contributed by atoms with E-state index in [1.54, 1.807) is 18.2 Å². The van der Waals surface area contributed by atoms with Crippen LogP contribution in [0.25, 0.3) is 0 Å². The van der Waals surface area contributed by atoms with E-state index < -0.39 is 16.1 Å². The molecule has 0 aromatic heterocycles. The summed E-state index contributed by atoms with van der Waals surface area (Å²) in [6, 6.07) is 5.57. The van der Waals surface area contributed by atoms with Crippen molar-refractivity contribution < 1.29 is 13.2 Å². The molecule has 2 rings (SSSR count). The molecule has 0 saturated heterocycles. The first-order valence-corrected chi connectivity index (χ1v) is 9.77. The van der Waals surface area contributed by atoms with Crippen LogP contribution in [-0.4, -0.2) is 31.2 Å². The number of unbranched alkanes of at least 4 members (excludes halogenated alkanes) is 1. The zero-order chi connectivity index (χ0) is 17.0. The number of rotatable bonds is 5. The molecule has 1 unspecified atom stereocenters. The molecule has 0 saturated carbocycles. The predicted octanol–water partition coefficient (Wildman–Crippen LogP) is 3.49. The summed E-state index contributed by atoms with van der Waals surface area (Å²) in [6.45, 7) is 3.92. The molecule has 1 N–H and O–H groups in total. The molecule has 1 aliphatic heterocycles. The first-order valence-electron chi connectivity index (χ1n) is 7.49. The van der Waals surface area contributed by atoms with Crippen molar-refractivity contribution in [2.75, 3.05) is 0 Å². The SMILES string of the molecule is CCCCC1CC(C)=NN1C(=O)NS(=O)(=O)c1ccccc1Br. The van der Waals surface area contributed by atoms with Crippen LogP contribution in [0, 0.1) is 0 Å². The van der Waals surface area contributed by atoms with Gasteiger partial charge in [0.05, 0.1) is 6.04 Å². The third-order valence-electron chi connectivity index (χ3n) is 3.60. The summed E-state index contributed by atoms with van der Waals surface area (Å²) in [5, 5.41) is 5.45. The van der Waals surface area contributed by atoms with Crippen LogP contribution in [-0.2, 0) is 10.0 Å². The Kier molecular flexibility index (Phi) is 5.80. The van der Waals surface area contributed by atoms with Crippen molar-refractivity contribution in [3.05, 3.63) is 28.7 Å². The van der Waals surface area contributed by atoms with E-state index in [2.05, 4.69) is 32.7 Å². The Balaban J connectivity index is 2.15. The van der Waals surface area contributed by atoms with Crippen LogP contribution in [0.2, 0.25) is 0 Å². The van der Waals surface area contributed by atoms with Crippen LogP contribution in [0.4, 0.5) is 4.79 Å². The van der Waals surface area contributed by atoms with E-state index >= 15 is 0 Å². The summed E-state index contributed by atoms with van der Waals surface area (Å²) in [5.74, 6) is 0. The van der Waals surface area contributed by atoms with E-state index in [9.17, 15) is 13.2 Å². The fourth-order valence-corrected chi connectivity index (χ4v) is 4.43. The van der Waals surface area contributed by atoms with Crippen LogP contribution in [0.5, 0.6) is 0 Å². The first kappa shape index (κ1) is 17.9. The summed E-state index contributed by atoms with van der Waals surface area (Å²) in [6.07, 6.45) is 3.47. The molecule has 1 aromatic carbocycles. The van der Waals surface area contributed by atoms with Gasteiger partial charge in [0.1, 0.15) is 4.90 Å². The van der Waals surface area contributed by atoms with Gasteiger partial charge in [-0.1, -0.05) is 31.9 Å². The van der Waals surface area contributed by atoms with E-state index in [0.29, 0.717) is 10.9 Å². The Morgan fingerprint density at radius 2 is 2.13 bits per heavy atom. The Morgan fingerprint density at radius 1 is 1.43 bits per heavy atom. The highest BCUT2D eigenvalue weighted by Crippen LogP contribution is 2.23. The number of nitrogens with one attached hydrogen (secondary N) is 1. The fraction of sp³-hybridized carbons (Fsp3) is 0.467. The Morgan fingerprint density at radius 3 is 2.78 bits per heavy atom. The molecule has 1 aliphatic rings. The van der Waals surface area contributed by atoms with Crippen molar-refractivity contribution in [3.63, 3.8) is 0 Å². The highest BCUT2D eigenvalue weighted by molar-refractivity contribution is 9.10. The molecule has 23 heavy (non-hydrogen) atoms. The maximum absolute atomic E-state index is 12.4. The van der Waals surface area contributed by atoms with Crippen LogP contribution >= 0.6 is 15.9 Å². The summed E-state index contributed by atoms with van der Waals surface area (Å²) >= 11 is 3.19. The molecule has 6 nitrogen and oxygen atoms in total. The Labute approximate surface area is 145 Å². The molecule has 0 aliphatic carbocycles. The van der Waals surface area contributed by atoms with Gasteiger partial charge in [0.25, 0.3) is 10.0 Å². The number of urea groups is 1. The monoisotopic (exact) mass is 401 g/mol. The smallest absolute Gasteiger partial charge is 0.246 e. The number of benzene rings is 1. The van der Waals surface area contributed by atoms with Gasteiger partial charge in [-0.3, -0.25) is 0 Å². The number of sulfonamides is 1. The lowest BCUT2D eigenvalue weighted by atomic mass is 10.1. The second kappa shape index (κ2) is 7.44. The molecular weight excluding hydrogens is 382 g/mol. The average molecular weight is 402 g/mol. The van der Waals surface area contributed by atoms with Crippen molar-refractivity contribution in [2.45, 2.75) is 50.5 Å². The Bertz CT molecular complexity index is 718. The van der Waals surface area contributed by atoms with E-state index in [1.165, 1.54) is 11.1 Å². The molecule has 0 bridgehead atoms. The van der Waals surface area contributed by atoms with Crippen molar-refractivity contribution >= 4 is 37.7 Å². The molecule has 0 fully saturated rings. The third-order valence-corrected chi connectivity index (χ3v) is 5.93. The molecule has 0 radical (unpaired) electrons. The molecule has 1 aromatic rings. The van der Waals surface area contributed by atoms with Crippen molar-refractivity contribution in [1.29, 1.82) is 0 Å². The van der Waals surface area contributed by atoms with Crippen molar-refractivity contribution in [3.8, 4) is 0 Å². The predicted molar refractivity (Wildman–Crippen MR) is 92.7 cm³/mol. The van der Waals surface area contributed by atoms with Crippen LogP contribution in [0.1, 0.15) is 39.5 Å². The number of hydrogen-bond acceptors (Lipinski definition) is 4. The quantitative estimate of drug-likeness (QED) is 0.819. The Hall–Kier alpha value is -1.41. The van der Waals surface area contributed by atoms with Gasteiger partial charge in [-0.2, -0.15) is 5.10 Å². The van der Waals surface area contributed by atoms with Crippen LogP contribution in [0.3, 0.4) is 0 Å². The number of halogens is 1. The molecule has 0 spiro atoms. The van der Waals surface area contributed by atoms with Gasteiger partial charge >= 0.3 is 6.03 Å². The normalized spacial score (nSPS) is 18.0. The number of carbonyl (C=O) groups excluding carboxylic acids is 1. The molecular formula is C15H20BrN3O3S. The number of nitrogens with zero attached hydrogens (tertiary/aromatic N) is 2. The van der Waals surface area contributed by atoms with Gasteiger partial charge in [0.2, 0.25) is 0 Å². The van der Waals surface area contributed by atoms with Crippen LogP contribution < -0.4 is 4.72 Å². The lowest BCUT2D eigenvalue weighted by Crippen LogP contribution is -2.43. The summed E-state index contributed by atoms with van der Waals surface area (Å²) < 4.78 is 27.3. The van der Waals surface area contributed by atoms with Gasteiger partial charge in [-0.25, -0.2) is 22.9 Å².